The molecule has 6 heterocycles. The van der Waals surface area contributed by atoms with Gasteiger partial charge in [0, 0.05) is 48.7 Å². The average molecular weight is 596 g/mol. The number of thiazole rings is 1. The molecule has 4 aromatic heterocycles. The highest BCUT2D eigenvalue weighted by Crippen LogP contribution is 2.41. The molecule has 13 heteroatoms. The maximum absolute atomic E-state index is 12.9. The zero-order chi connectivity index (χ0) is 27.2. The number of fused-ring (bicyclic) bond motifs is 2. The van der Waals surface area contributed by atoms with E-state index >= 15 is 0 Å². The van der Waals surface area contributed by atoms with E-state index in [1.165, 1.54) is 22.7 Å². The summed E-state index contributed by atoms with van der Waals surface area (Å²) < 4.78 is 7.18. The normalized spacial score (nSPS) is 20.9. The number of carbonyl (C=O) groups is 1. The lowest BCUT2D eigenvalue weighted by Gasteiger charge is -2.30. The molecule has 1 amide bonds. The first-order chi connectivity index (χ1) is 19.5. The summed E-state index contributed by atoms with van der Waals surface area (Å²) in [5, 5.41) is 14.4. The van der Waals surface area contributed by atoms with Gasteiger partial charge in [0.15, 0.2) is 5.43 Å². The number of thiophene rings is 1. The van der Waals surface area contributed by atoms with Crippen molar-refractivity contribution in [1.82, 2.24) is 15.3 Å². The molecule has 5 N–H and O–H groups in total. The van der Waals surface area contributed by atoms with Crippen LogP contribution in [0.4, 0.5) is 21.6 Å². The first-order valence-corrected chi connectivity index (χ1v) is 16.0. The number of hydrogen-bond donors (Lipinski definition) is 4. The van der Waals surface area contributed by atoms with Crippen molar-refractivity contribution in [2.75, 3.05) is 41.8 Å². The van der Waals surface area contributed by atoms with E-state index < -0.39 is 0 Å². The fourth-order valence-corrected chi connectivity index (χ4v) is 8.86. The summed E-state index contributed by atoms with van der Waals surface area (Å²) in [4.78, 5) is 37.3. The minimum absolute atomic E-state index is 0.0363. The fraction of sp³-hybridized carbons (Fsp3) is 0.407. The number of carbonyl (C=O) groups excluding carboxylic acids is 1. The molecule has 7 rings (SSSR count). The second-order valence-corrected chi connectivity index (χ2v) is 13.2. The molecular weight excluding hydrogens is 567 g/mol. The van der Waals surface area contributed by atoms with Crippen molar-refractivity contribution in [1.29, 1.82) is 0 Å². The zero-order valence-electron chi connectivity index (χ0n) is 21.7. The lowest BCUT2D eigenvalue weighted by molar-refractivity contribution is 0.0966. The van der Waals surface area contributed by atoms with Gasteiger partial charge in [0.05, 0.1) is 39.4 Å². The first-order valence-electron chi connectivity index (χ1n) is 13.5. The Morgan fingerprint density at radius 3 is 2.80 bits per heavy atom. The van der Waals surface area contributed by atoms with Crippen LogP contribution in [0.3, 0.4) is 0 Å². The van der Waals surface area contributed by atoms with Crippen molar-refractivity contribution in [2.24, 2.45) is 5.73 Å². The number of anilines is 4. The number of nitrogens with zero attached hydrogens (tertiary/aromatic N) is 3. The van der Waals surface area contributed by atoms with Crippen LogP contribution in [-0.2, 0) is 11.3 Å². The van der Waals surface area contributed by atoms with Gasteiger partial charge in [-0.3, -0.25) is 9.59 Å². The minimum Gasteiger partial charge on any atom is -0.378 e. The summed E-state index contributed by atoms with van der Waals surface area (Å²) >= 11 is 4.56. The van der Waals surface area contributed by atoms with E-state index in [1.54, 1.807) is 23.6 Å². The smallest absolute Gasteiger partial charge is 0.255 e. The van der Waals surface area contributed by atoms with Crippen LogP contribution in [-0.4, -0.2) is 54.3 Å². The zero-order valence-corrected chi connectivity index (χ0v) is 24.1. The number of rotatable bonds is 6. The Kier molecular flexibility index (Phi) is 6.92. The van der Waals surface area contributed by atoms with Crippen LogP contribution >= 0.6 is 34.0 Å². The van der Waals surface area contributed by atoms with Crippen LogP contribution in [0.5, 0.6) is 0 Å². The molecule has 1 saturated heterocycles. The molecule has 2 fully saturated rings. The van der Waals surface area contributed by atoms with Gasteiger partial charge in [0.1, 0.15) is 21.6 Å². The lowest BCUT2D eigenvalue weighted by atomic mass is 9.91. The van der Waals surface area contributed by atoms with Crippen molar-refractivity contribution in [3.63, 3.8) is 0 Å². The van der Waals surface area contributed by atoms with E-state index in [4.69, 9.17) is 15.5 Å². The largest absolute Gasteiger partial charge is 0.378 e. The SMILES string of the molecule is N[C@@H]1CCCC[C@@H]1Nc1cc2c(c(Nc3cnc(-c4csc5c(=O)cc(N6CCOCC6)sc45)s3)n1)C(=O)NC2. The van der Waals surface area contributed by atoms with Crippen LogP contribution in [0.25, 0.3) is 20.0 Å². The molecule has 2 aliphatic heterocycles. The maximum Gasteiger partial charge on any atom is 0.255 e. The number of nitrogens with one attached hydrogen (secondary N) is 3. The molecule has 0 aromatic carbocycles. The van der Waals surface area contributed by atoms with Crippen molar-refractivity contribution >= 4 is 71.0 Å². The Morgan fingerprint density at radius 2 is 1.95 bits per heavy atom. The number of ether oxygens (including phenoxy) is 1. The quantitative estimate of drug-likeness (QED) is 0.257. The van der Waals surface area contributed by atoms with Gasteiger partial charge in [-0.1, -0.05) is 24.2 Å². The van der Waals surface area contributed by atoms with Crippen molar-refractivity contribution in [2.45, 2.75) is 44.3 Å². The summed E-state index contributed by atoms with van der Waals surface area (Å²) in [6.45, 7) is 3.35. The van der Waals surface area contributed by atoms with Gasteiger partial charge in [-0.15, -0.1) is 22.7 Å². The van der Waals surface area contributed by atoms with E-state index in [1.807, 2.05) is 11.4 Å². The van der Waals surface area contributed by atoms with E-state index in [2.05, 4.69) is 25.8 Å². The number of nitrogens with two attached hydrogens (primary N) is 1. The fourth-order valence-electron chi connectivity index (χ4n) is 5.54. The first kappa shape index (κ1) is 25.8. The van der Waals surface area contributed by atoms with Crippen molar-refractivity contribution in [3.8, 4) is 10.6 Å². The van der Waals surface area contributed by atoms with Gasteiger partial charge in [-0.25, -0.2) is 9.97 Å². The average Bonchev–Trinajstić information content (AvgIpc) is 3.69. The number of morpholine rings is 1. The van der Waals surface area contributed by atoms with E-state index in [0.717, 1.165) is 74.3 Å². The second-order valence-electron chi connectivity index (χ2n) is 10.3. The van der Waals surface area contributed by atoms with Gasteiger partial charge >= 0.3 is 0 Å². The Labute approximate surface area is 242 Å². The molecule has 2 atom stereocenters. The van der Waals surface area contributed by atoms with Gasteiger partial charge in [0.2, 0.25) is 0 Å². The molecule has 0 unspecified atom stereocenters. The minimum atomic E-state index is -0.139. The third-order valence-corrected chi connectivity index (χ3v) is 10.9. The van der Waals surface area contributed by atoms with Gasteiger partial charge < -0.3 is 31.3 Å². The number of aromatic nitrogens is 2. The highest BCUT2D eigenvalue weighted by molar-refractivity contribution is 7.29. The Bertz CT molecular complexity index is 1640. The van der Waals surface area contributed by atoms with Crippen LogP contribution < -0.4 is 32.0 Å². The number of amides is 1. The molecule has 1 saturated carbocycles. The third-order valence-electron chi connectivity index (χ3n) is 7.65. The van der Waals surface area contributed by atoms with Crippen LogP contribution in [0.1, 0.15) is 41.6 Å². The molecule has 208 valence electrons. The van der Waals surface area contributed by atoms with E-state index in [-0.39, 0.29) is 23.4 Å². The molecule has 4 aromatic rings. The summed E-state index contributed by atoms with van der Waals surface area (Å²) in [5.74, 6) is 1.08. The summed E-state index contributed by atoms with van der Waals surface area (Å²) in [5.41, 5.74) is 8.82. The Hall–Kier alpha value is -3.10. The highest BCUT2D eigenvalue weighted by atomic mass is 32.1. The standard InChI is InChI=1S/C27H29N7O3S3/c28-16-3-1-2-4-17(16)31-19-9-14-11-29-26(36)22(14)25(32-19)33-20-12-30-27(39-20)15-13-38-24-18(35)10-21(40-23(15)24)34-5-7-37-8-6-34/h9-10,12-13,16-17H,1-8,11,28H2,(H,29,36)(H2,31,32,33)/t16-,17+/m1/s1. The monoisotopic (exact) mass is 595 g/mol. The molecule has 3 aliphatic rings. The Balaban J connectivity index is 1.19. The van der Waals surface area contributed by atoms with E-state index in [0.29, 0.717) is 37.0 Å². The van der Waals surface area contributed by atoms with Crippen LogP contribution in [0.2, 0.25) is 0 Å². The summed E-state index contributed by atoms with van der Waals surface area (Å²) in [7, 11) is 0. The van der Waals surface area contributed by atoms with Crippen molar-refractivity contribution in [3.05, 3.63) is 45.1 Å². The molecular formula is C27H29N7O3S3. The summed E-state index contributed by atoms with van der Waals surface area (Å²) in [6.07, 6.45) is 6.06. The van der Waals surface area contributed by atoms with Crippen molar-refractivity contribution < 1.29 is 9.53 Å². The van der Waals surface area contributed by atoms with Crippen LogP contribution in [0, 0.1) is 0 Å². The topological polar surface area (TPSA) is 134 Å². The predicted molar refractivity (Wildman–Crippen MR) is 163 cm³/mol. The molecule has 0 spiro atoms. The third kappa shape index (κ3) is 4.85. The van der Waals surface area contributed by atoms with E-state index in [9.17, 15) is 9.59 Å². The summed E-state index contributed by atoms with van der Waals surface area (Å²) in [6, 6.07) is 3.94. The van der Waals surface area contributed by atoms with Gasteiger partial charge in [-0.2, -0.15) is 0 Å². The number of hydrogen-bond acceptors (Lipinski definition) is 12. The van der Waals surface area contributed by atoms with Gasteiger partial charge in [-0.05, 0) is 24.5 Å². The molecule has 1 aliphatic carbocycles. The second kappa shape index (κ2) is 10.7. The van der Waals surface area contributed by atoms with Gasteiger partial charge in [0.25, 0.3) is 5.91 Å². The molecule has 40 heavy (non-hydrogen) atoms. The molecule has 10 nitrogen and oxygen atoms in total. The lowest BCUT2D eigenvalue weighted by Crippen LogP contribution is -2.42. The highest BCUT2D eigenvalue weighted by Gasteiger charge is 2.28. The molecule has 0 radical (unpaired) electrons. The number of pyridine rings is 1. The molecule has 0 bridgehead atoms. The predicted octanol–water partition coefficient (Wildman–Crippen LogP) is 4.35. The maximum atomic E-state index is 12.9. The van der Waals surface area contributed by atoms with Crippen LogP contribution in [0.15, 0.2) is 28.5 Å². The Morgan fingerprint density at radius 1 is 1.10 bits per heavy atom.